The number of fused-ring (bicyclic) bond motifs is 1. The minimum Gasteiger partial charge on any atom is -0.467 e. The molecule has 4 rings (SSSR count). The number of pyridine rings is 1. The highest BCUT2D eigenvalue weighted by Crippen LogP contribution is 2.35. The van der Waals surface area contributed by atoms with Crippen LogP contribution in [0.25, 0.3) is 5.69 Å². The van der Waals surface area contributed by atoms with Gasteiger partial charge in [0.05, 0.1) is 7.11 Å². The number of Topliss-reactive ketones (excluding diaryl/α,β-unsaturated/α-hetero) is 1. The molecule has 0 radical (unpaired) electrons. The van der Waals surface area contributed by atoms with Crippen LogP contribution in [-0.2, 0) is 22.4 Å². The van der Waals surface area contributed by atoms with E-state index in [-0.39, 0.29) is 23.2 Å². The number of rotatable bonds is 6. The zero-order valence-electron chi connectivity index (χ0n) is 20.3. The van der Waals surface area contributed by atoms with Gasteiger partial charge in [-0.1, -0.05) is 55.8 Å². The predicted octanol–water partition coefficient (Wildman–Crippen LogP) is 4.16. The molecule has 2 aromatic carbocycles. The fourth-order valence-electron chi connectivity index (χ4n) is 4.56. The quantitative estimate of drug-likeness (QED) is 0.507. The van der Waals surface area contributed by atoms with Gasteiger partial charge in [0.1, 0.15) is 11.6 Å². The van der Waals surface area contributed by atoms with Gasteiger partial charge in [-0.15, -0.1) is 0 Å². The Morgan fingerprint density at radius 1 is 1.06 bits per heavy atom. The molecule has 36 heavy (non-hydrogen) atoms. The summed E-state index contributed by atoms with van der Waals surface area (Å²) in [5.74, 6) is -1.54. The van der Waals surface area contributed by atoms with E-state index in [4.69, 9.17) is 16.3 Å². The first-order chi connectivity index (χ1) is 17.1. The number of benzene rings is 2. The smallest absolute Gasteiger partial charge is 0.328 e. The minimum absolute atomic E-state index is 0.146. The molecule has 0 saturated carbocycles. The van der Waals surface area contributed by atoms with Crippen molar-refractivity contribution in [1.82, 2.24) is 9.88 Å². The monoisotopic (exact) mass is 506 g/mol. The van der Waals surface area contributed by atoms with Gasteiger partial charge >= 0.3 is 5.97 Å². The van der Waals surface area contributed by atoms with E-state index in [9.17, 15) is 19.2 Å². The van der Waals surface area contributed by atoms with Crippen LogP contribution < -0.4 is 10.9 Å². The zero-order chi connectivity index (χ0) is 26.0. The number of nitrogens with zero attached hydrogens (tertiary/aromatic N) is 1. The molecular formula is C28H27ClN2O5. The fraction of sp³-hybridized carbons (Fsp3) is 0.286. The van der Waals surface area contributed by atoms with Gasteiger partial charge in [0.25, 0.3) is 11.5 Å². The summed E-state index contributed by atoms with van der Waals surface area (Å²) < 4.78 is 6.29. The lowest BCUT2D eigenvalue weighted by atomic mass is 9.75. The number of halogens is 1. The number of methoxy groups -OCH3 is 1. The van der Waals surface area contributed by atoms with E-state index in [2.05, 4.69) is 5.32 Å². The molecule has 0 saturated heterocycles. The molecule has 8 heteroatoms. The molecule has 0 aliphatic heterocycles. The number of ether oxygens (including phenoxy) is 1. The Morgan fingerprint density at radius 2 is 1.72 bits per heavy atom. The van der Waals surface area contributed by atoms with Gasteiger partial charge in [-0.3, -0.25) is 19.0 Å². The van der Waals surface area contributed by atoms with Crippen molar-refractivity contribution in [3.05, 3.63) is 98.4 Å². The minimum atomic E-state index is -1.01. The maximum absolute atomic E-state index is 13.7. The third-order valence-corrected chi connectivity index (χ3v) is 6.54. The number of aromatic nitrogens is 1. The molecule has 1 aliphatic rings. The maximum Gasteiger partial charge on any atom is 0.328 e. The standard InChI is InChI=1S/C28H27ClN2O5/c1-28(2)15-23-20(24(32)16-28)14-21(26(34)31(23)19-11-9-18(29)10-12-19)25(33)30-22(27(35)36-3)13-17-7-5-4-6-8-17/h4-12,14,22H,13,15-16H2,1-3H3,(H,30,33)/t22-/m1/s1. The van der Waals surface area contributed by atoms with Crippen molar-refractivity contribution < 1.29 is 19.1 Å². The molecule has 3 aromatic rings. The molecule has 1 aliphatic carbocycles. The molecule has 1 atom stereocenters. The first-order valence-corrected chi connectivity index (χ1v) is 12.0. The Kier molecular flexibility index (Phi) is 7.13. The first-order valence-electron chi connectivity index (χ1n) is 11.6. The molecule has 7 nitrogen and oxygen atoms in total. The van der Waals surface area contributed by atoms with Gasteiger partial charge in [0.2, 0.25) is 0 Å². The van der Waals surface area contributed by atoms with Crippen molar-refractivity contribution >= 4 is 29.3 Å². The van der Waals surface area contributed by atoms with Crippen LogP contribution in [-0.4, -0.2) is 35.4 Å². The van der Waals surface area contributed by atoms with Crippen molar-refractivity contribution in [1.29, 1.82) is 0 Å². The second-order valence-corrected chi connectivity index (χ2v) is 10.2. The Morgan fingerprint density at radius 3 is 2.36 bits per heavy atom. The number of carbonyl (C=O) groups is 3. The maximum atomic E-state index is 13.7. The third-order valence-electron chi connectivity index (χ3n) is 6.29. The predicted molar refractivity (Wildman–Crippen MR) is 137 cm³/mol. The number of hydrogen-bond donors (Lipinski definition) is 1. The van der Waals surface area contributed by atoms with E-state index < -0.39 is 23.5 Å². The van der Waals surface area contributed by atoms with Gasteiger partial charge in [-0.2, -0.15) is 0 Å². The highest BCUT2D eigenvalue weighted by molar-refractivity contribution is 6.30. The number of carbonyl (C=O) groups excluding carboxylic acids is 3. The van der Waals surface area contributed by atoms with Crippen LogP contribution >= 0.6 is 11.6 Å². The van der Waals surface area contributed by atoms with Crippen LogP contribution in [0, 0.1) is 5.41 Å². The summed E-state index contributed by atoms with van der Waals surface area (Å²) >= 11 is 6.05. The lowest BCUT2D eigenvalue weighted by Crippen LogP contribution is -2.46. The lowest BCUT2D eigenvalue weighted by molar-refractivity contribution is -0.142. The molecule has 0 unspecified atom stereocenters. The summed E-state index contributed by atoms with van der Waals surface area (Å²) in [5.41, 5.74) is 1.03. The van der Waals surface area contributed by atoms with E-state index in [0.29, 0.717) is 34.8 Å². The SMILES string of the molecule is COC(=O)[C@@H](Cc1ccccc1)NC(=O)c1cc2c(n(-c3ccc(Cl)cc3)c1=O)CC(C)(C)CC2=O. The molecule has 1 amide bonds. The highest BCUT2D eigenvalue weighted by atomic mass is 35.5. The second-order valence-electron chi connectivity index (χ2n) is 9.72. The summed E-state index contributed by atoms with van der Waals surface area (Å²) in [6.45, 7) is 3.94. The molecule has 0 fully saturated rings. The van der Waals surface area contributed by atoms with Crippen molar-refractivity contribution in [2.24, 2.45) is 5.41 Å². The second kappa shape index (κ2) is 10.1. The van der Waals surface area contributed by atoms with Crippen molar-refractivity contribution in [3.8, 4) is 5.69 Å². The van der Waals surface area contributed by atoms with E-state index in [1.807, 2.05) is 44.2 Å². The summed E-state index contributed by atoms with van der Waals surface area (Å²) in [6, 6.07) is 16.1. The van der Waals surface area contributed by atoms with Crippen molar-refractivity contribution in [2.45, 2.75) is 39.2 Å². The van der Waals surface area contributed by atoms with Gasteiger partial charge < -0.3 is 10.1 Å². The Bertz CT molecular complexity index is 1380. The van der Waals surface area contributed by atoms with Crippen LogP contribution in [0.4, 0.5) is 0 Å². The third kappa shape index (κ3) is 5.26. The highest BCUT2D eigenvalue weighted by Gasteiger charge is 2.35. The van der Waals surface area contributed by atoms with Crippen LogP contribution in [0.3, 0.4) is 0 Å². The average Bonchev–Trinajstić information content (AvgIpc) is 2.83. The summed E-state index contributed by atoms with van der Waals surface area (Å²) in [4.78, 5) is 52.6. The number of hydrogen-bond acceptors (Lipinski definition) is 5. The fourth-order valence-corrected chi connectivity index (χ4v) is 4.69. The van der Waals surface area contributed by atoms with Crippen LogP contribution in [0.15, 0.2) is 65.5 Å². The summed E-state index contributed by atoms with van der Waals surface area (Å²) in [7, 11) is 1.24. The normalized spacial score (nSPS) is 15.1. The van der Waals surface area contributed by atoms with Gasteiger partial charge in [-0.25, -0.2) is 4.79 Å². The number of ketones is 1. The molecular weight excluding hydrogens is 480 g/mol. The summed E-state index contributed by atoms with van der Waals surface area (Å²) in [5, 5.41) is 3.13. The molecule has 186 valence electrons. The molecule has 0 bridgehead atoms. The number of esters is 1. The van der Waals surface area contributed by atoms with E-state index >= 15 is 0 Å². The number of nitrogens with one attached hydrogen (secondary N) is 1. The largest absolute Gasteiger partial charge is 0.467 e. The molecule has 1 N–H and O–H groups in total. The molecule has 1 heterocycles. The Hall–Kier alpha value is -3.71. The van der Waals surface area contributed by atoms with Crippen molar-refractivity contribution in [3.63, 3.8) is 0 Å². The van der Waals surface area contributed by atoms with E-state index in [0.717, 1.165) is 5.56 Å². The first kappa shape index (κ1) is 25.4. The van der Waals surface area contributed by atoms with Crippen LogP contribution in [0.2, 0.25) is 5.02 Å². The lowest BCUT2D eigenvalue weighted by Gasteiger charge is -2.32. The van der Waals surface area contributed by atoms with E-state index in [1.54, 1.807) is 24.3 Å². The molecule has 0 spiro atoms. The van der Waals surface area contributed by atoms with Gasteiger partial charge in [0.15, 0.2) is 5.78 Å². The van der Waals surface area contributed by atoms with Gasteiger partial charge in [-0.05, 0) is 47.7 Å². The van der Waals surface area contributed by atoms with Crippen LogP contribution in [0.5, 0.6) is 0 Å². The molecule has 1 aromatic heterocycles. The number of amides is 1. The Labute approximate surface area is 214 Å². The topological polar surface area (TPSA) is 94.5 Å². The summed E-state index contributed by atoms with van der Waals surface area (Å²) in [6.07, 6.45) is 0.952. The van der Waals surface area contributed by atoms with E-state index in [1.165, 1.54) is 17.7 Å². The Balaban J connectivity index is 1.80. The van der Waals surface area contributed by atoms with Crippen LogP contribution in [0.1, 0.15) is 52.2 Å². The van der Waals surface area contributed by atoms with Crippen molar-refractivity contribution in [2.75, 3.05) is 7.11 Å². The average molecular weight is 507 g/mol. The van der Waals surface area contributed by atoms with Gasteiger partial charge in [0, 0.05) is 34.8 Å². The zero-order valence-corrected chi connectivity index (χ0v) is 21.1.